The van der Waals surface area contributed by atoms with E-state index >= 15 is 0 Å². The molecule has 1 N–H and O–H groups in total. The molecule has 0 bridgehead atoms. The van der Waals surface area contributed by atoms with Crippen molar-refractivity contribution >= 4 is 16.7 Å². The van der Waals surface area contributed by atoms with Gasteiger partial charge in [-0.15, -0.1) is 0 Å². The molecule has 0 spiro atoms. The van der Waals surface area contributed by atoms with Crippen molar-refractivity contribution < 1.29 is 10.0 Å². The Bertz CT molecular complexity index is 794. The summed E-state index contributed by atoms with van der Waals surface area (Å²) in [7, 11) is 0. The molecule has 2 aromatic carbocycles. The molecule has 0 fully saturated rings. The third kappa shape index (κ3) is 2.48. The number of para-hydroxylation sites is 2. The smallest absolute Gasteiger partial charge is 0.269 e. The lowest BCUT2D eigenvalue weighted by atomic mass is 10.2. The molecule has 3 rings (SSSR count). The number of hydrogen-bond donors (Lipinski definition) is 1. The quantitative estimate of drug-likeness (QED) is 0.589. The zero-order valence-electron chi connectivity index (χ0n) is 11.1. The highest BCUT2D eigenvalue weighted by Crippen LogP contribution is 2.19. The maximum Gasteiger partial charge on any atom is 0.269 e. The van der Waals surface area contributed by atoms with Crippen LogP contribution in [0.1, 0.15) is 11.4 Å². The number of rotatable bonds is 4. The molecule has 21 heavy (non-hydrogen) atoms. The number of imidazole rings is 1. The number of aromatic nitrogens is 2. The molecule has 0 aliphatic carbocycles. The van der Waals surface area contributed by atoms with E-state index < -0.39 is 4.92 Å². The van der Waals surface area contributed by atoms with Gasteiger partial charge in [0.25, 0.3) is 5.69 Å². The first kappa shape index (κ1) is 13.3. The number of nitrogens with zero attached hydrogens (tertiary/aromatic N) is 3. The van der Waals surface area contributed by atoms with Crippen LogP contribution in [-0.4, -0.2) is 19.6 Å². The van der Waals surface area contributed by atoms with Crippen molar-refractivity contribution in [3.63, 3.8) is 0 Å². The highest BCUT2D eigenvalue weighted by Gasteiger charge is 2.10. The minimum atomic E-state index is -0.421. The molecule has 3 aromatic rings. The molecular weight excluding hydrogens is 270 g/mol. The standard InChI is InChI=1S/C15H13N3O3/c19-10-15-16-13-3-1-2-4-14(13)17(15)9-11-5-7-12(8-6-11)18(20)21/h1-8,19H,9-10H2. The molecule has 0 unspecified atom stereocenters. The fraction of sp³-hybridized carbons (Fsp3) is 0.133. The van der Waals surface area contributed by atoms with Crippen molar-refractivity contribution in [2.75, 3.05) is 0 Å². The Balaban J connectivity index is 1.99. The molecule has 0 radical (unpaired) electrons. The summed E-state index contributed by atoms with van der Waals surface area (Å²) in [4.78, 5) is 14.6. The van der Waals surface area contributed by atoms with Gasteiger partial charge in [-0.3, -0.25) is 10.1 Å². The predicted octanol–water partition coefficient (Wildman–Crippen LogP) is 2.49. The predicted molar refractivity (Wildman–Crippen MR) is 77.9 cm³/mol. The SMILES string of the molecule is O=[N+]([O-])c1ccc(Cn2c(CO)nc3ccccc32)cc1. The zero-order valence-corrected chi connectivity index (χ0v) is 11.1. The first-order valence-electron chi connectivity index (χ1n) is 6.47. The van der Waals surface area contributed by atoms with Gasteiger partial charge in [-0.1, -0.05) is 24.3 Å². The largest absolute Gasteiger partial charge is 0.388 e. The Morgan fingerprint density at radius 1 is 1.14 bits per heavy atom. The number of hydrogen-bond acceptors (Lipinski definition) is 4. The number of non-ortho nitro benzene ring substituents is 1. The Labute approximate surface area is 120 Å². The van der Waals surface area contributed by atoms with Crippen LogP contribution in [0.25, 0.3) is 11.0 Å². The molecule has 106 valence electrons. The number of nitro benzene ring substituents is 1. The fourth-order valence-corrected chi connectivity index (χ4v) is 2.33. The van der Waals surface area contributed by atoms with E-state index in [1.54, 1.807) is 12.1 Å². The van der Waals surface area contributed by atoms with Gasteiger partial charge in [-0.25, -0.2) is 4.98 Å². The summed E-state index contributed by atoms with van der Waals surface area (Å²) in [5, 5.41) is 20.1. The second-order valence-electron chi connectivity index (χ2n) is 4.68. The number of nitro groups is 1. The highest BCUT2D eigenvalue weighted by molar-refractivity contribution is 5.76. The van der Waals surface area contributed by atoms with Crippen LogP contribution in [-0.2, 0) is 13.2 Å². The van der Waals surface area contributed by atoms with E-state index in [0.29, 0.717) is 12.4 Å². The lowest BCUT2D eigenvalue weighted by molar-refractivity contribution is -0.384. The van der Waals surface area contributed by atoms with E-state index in [0.717, 1.165) is 16.6 Å². The van der Waals surface area contributed by atoms with Crippen molar-refractivity contribution in [3.8, 4) is 0 Å². The average Bonchev–Trinajstić information content (AvgIpc) is 2.86. The highest BCUT2D eigenvalue weighted by atomic mass is 16.6. The minimum Gasteiger partial charge on any atom is -0.388 e. The van der Waals surface area contributed by atoms with Crippen LogP contribution < -0.4 is 0 Å². The number of benzene rings is 2. The monoisotopic (exact) mass is 283 g/mol. The van der Waals surface area contributed by atoms with Gasteiger partial charge >= 0.3 is 0 Å². The number of aliphatic hydroxyl groups is 1. The molecule has 0 amide bonds. The van der Waals surface area contributed by atoms with Crippen LogP contribution in [0.2, 0.25) is 0 Å². The molecule has 0 saturated heterocycles. The van der Waals surface area contributed by atoms with E-state index in [1.165, 1.54) is 12.1 Å². The van der Waals surface area contributed by atoms with E-state index in [-0.39, 0.29) is 12.3 Å². The van der Waals surface area contributed by atoms with Crippen LogP contribution in [0, 0.1) is 10.1 Å². The van der Waals surface area contributed by atoms with E-state index in [4.69, 9.17) is 0 Å². The molecule has 0 atom stereocenters. The maximum atomic E-state index is 10.7. The maximum absolute atomic E-state index is 10.7. The van der Waals surface area contributed by atoms with Crippen molar-refractivity contribution in [3.05, 3.63) is 70.0 Å². The fourth-order valence-electron chi connectivity index (χ4n) is 2.33. The Morgan fingerprint density at radius 2 is 1.86 bits per heavy atom. The van der Waals surface area contributed by atoms with Crippen LogP contribution >= 0.6 is 0 Å². The van der Waals surface area contributed by atoms with Gasteiger partial charge in [0.1, 0.15) is 12.4 Å². The minimum absolute atomic E-state index is 0.0663. The molecule has 0 saturated carbocycles. The van der Waals surface area contributed by atoms with Crippen molar-refractivity contribution in [1.82, 2.24) is 9.55 Å². The summed E-state index contributed by atoms with van der Waals surface area (Å²) < 4.78 is 1.91. The van der Waals surface area contributed by atoms with Crippen molar-refractivity contribution in [1.29, 1.82) is 0 Å². The summed E-state index contributed by atoms with van der Waals surface area (Å²) in [6.07, 6.45) is 0. The van der Waals surface area contributed by atoms with Gasteiger partial charge < -0.3 is 9.67 Å². The Hall–Kier alpha value is -2.73. The van der Waals surface area contributed by atoms with Gasteiger partial charge in [0, 0.05) is 18.7 Å². The lowest BCUT2D eigenvalue weighted by Gasteiger charge is -2.07. The summed E-state index contributed by atoms with van der Waals surface area (Å²) in [5.41, 5.74) is 2.73. The summed E-state index contributed by atoms with van der Waals surface area (Å²) in [5.74, 6) is 0.578. The lowest BCUT2D eigenvalue weighted by Crippen LogP contribution is -2.05. The first-order chi connectivity index (χ1) is 10.2. The zero-order chi connectivity index (χ0) is 14.8. The van der Waals surface area contributed by atoms with Crippen LogP contribution in [0.3, 0.4) is 0 Å². The Kier molecular flexibility index (Phi) is 3.37. The third-order valence-electron chi connectivity index (χ3n) is 3.36. The normalized spacial score (nSPS) is 10.9. The average molecular weight is 283 g/mol. The van der Waals surface area contributed by atoms with Gasteiger partial charge in [0.2, 0.25) is 0 Å². The molecule has 1 heterocycles. The number of fused-ring (bicyclic) bond motifs is 1. The van der Waals surface area contributed by atoms with Gasteiger partial charge in [0.05, 0.1) is 16.0 Å². The molecule has 6 nitrogen and oxygen atoms in total. The summed E-state index contributed by atoms with van der Waals surface area (Å²) >= 11 is 0. The first-order valence-corrected chi connectivity index (χ1v) is 6.47. The van der Waals surface area contributed by atoms with Crippen molar-refractivity contribution in [2.45, 2.75) is 13.2 Å². The van der Waals surface area contributed by atoms with Crippen molar-refractivity contribution in [2.24, 2.45) is 0 Å². The van der Waals surface area contributed by atoms with Crippen LogP contribution in [0.15, 0.2) is 48.5 Å². The molecule has 0 aliphatic rings. The molecule has 1 aromatic heterocycles. The molecule has 0 aliphatic heterocycles. The second kappa shape index (κ2) is 5.34. The second-order valence-corrected chi connectivity index (χ2v) is 4.68. The van der Waals surface area contributed by atoms with E-state index in [1.807, 2.05) is 28.8 Å². The molecular formula is C15H13N3O3. The topological polar surface area (TPSA) is 81.2 Å². The van der Waals surface area contributed by atoms with Crippen LogP contribution in [0.4, 0.5) is 5.69 Å². The number of aliphatic hydroxyl groups excluding tert-OH is 1. The molecule has 6 heteroatoms. The van der Waals surface area contributed by atoms with E-state index in [2.05, 4.69) is 4.98 Å². The summed E-state index contributed by atoms with van der Waals surface area (Å²) in [6.45, 7) is 0.357. The van der Waals surface area contributed by atoms with Gasteiger partial charge in [-0.05, 0) is 17.7 Å². The Morgan fingerprint density at radius 3 is 2.52 bits per heavy atom. The van der Waals surface area contributed by atoms with Gasteiger partial charge in [0.15, 0.2) is 0 Å². The van der Waals surface area contributed by atoms with E-state index in [9.17, 15) is 15.2 Å². The van der Waals surface area contributed by atoms with Crippen LogP contribution in [0.5, 0.6) is 0 Å². The summed E-state index contributed by atoms with van der Waals surface area (Å²) in [6, 6.07) is 14.0. The van der Waals surface area contributed by atoms with Gasteiger partial charge in [-0.2, -0.15) is 0 Å². The third-order valence-corrected chi connectivity index (χ3v) is 3.36.